The molecule has 0 radical (unpaired) electrons. The Bertz CT molecular complexity index is 1320. The zero-order valence-electron chi connectivity index (χ0n) is 22.5. The van der Waals surface area contributed by atoms with Crippen LogP contribution in [0.2, 0.25) is 0 Å². The van der Waals surface area contributed by atoms with Crippen molar-refractivity contribution in [2.24, 2.45) is 0 Å². The maximum absolute atomic E-state index is 15.1. The van der Waals surface area contributed by atoms with Gasteiger partial charge in [0, 0.05) is 5.56 Å². The minimum atomic E-state index is -1.27. The molecule has 0 aliphatic heterocycles. The molecule has 0 amide bonds. The number of benzene rings is 3. The number of hydrogen-bond donors (Lipinski definition) is 0. The maximum Gasteiger partial charge on any atom is 0.204 e. The average molecular weight is 567 g/mol. The molecule has 40 heavy (non-hydrogen) atoms. The fourth-order valence-corrected chi connectivity index (χ4v) is 5.09. The summed E-state index contributed by atoms with van der Waals surface area (Å²) < 4.78 is 103. The predicted molar refractivity (Wildman–Crippen MR) is 139 cm³/mol. The summed E-state index contributed by atoms with van der Waals surface area (Å²) in [6, 6.07) is 8.16. The summed E-state index contributed by atoms with van der Waals surface area (Å²) in [4.78, 5) is 0. The molecule has 0 N–H and O–H groups in total. The smallest absolute Gasteiger partial charge is 0.204 e. The van der Waals surface area contributed by atoms with Gasteiger partial charge in [0.25, 0.3) is 0 Å². The van der Waals surface area contributed by atoms with Crippen LogP contribution in [0.1, 0.15) is 80.9 Å². The zero-order chi connectivity index (χ0) is 28.8. The zero-order valence-corrected chi connectivity index (χ0v) is 22.5. The molecular weight excluding hydrogens is 534 g/mol. The number of ether oxygens (including phenoxy) is 3. The molecule has 0 bridgehead atoms. The van der Waals surface area contributed by atoms with E-state index < -0.39 is 47.3 Å². The summed E-state index contributed by atoms with van der Waals surface area (Å²) in [6.45, 7) is 3.56. The van der Waals surface area contributed by atoms with Crippen LogP contribution in [0.5, 0.6) is 17.2 Å². The van der Waals surface area contributed by atoms with Gasteiger partial charge in [0.05, 0.1) is 13.2 Å². The normalized spacial score (nSPS) is 17.1. The molecule has 1 aliphatic rings. The minimum Gasteiger partial charge on any atom is -0.491 e. The highest BCUT2D eigenvalue weighted by atomic mass is 19.2. The molecule has 0 spiro atoms. The SMILES string of the molecule is CCCCOc1ccc(OCc2ccc(C3CCC(c4ccc(OCC)c(F)c4F)CC3)c(F)c2F)c(F)c1F. The van der Waals surface area contributed by atoms with Crippen LogP contribution in [0.4, 0.5) is 26.3 Å². The van der Waals surface area contributed by atoms with Crippen LogP contribution in [0.25, 0.3) is 0 Å². The highest BCUT2D eigenvalue weighted by Gasteiger charge is 2.30. The lowest BCUT2D eigenvalue weighted by molar-refractivity contribution is 0.263. The summed E-state index contributed by atoms with van der Waals surface area (Å²) >= 11 is 0. The third kappa shape index (κ3) is 6.34. The summed E-state index contributed by atoms with van der Waals surface area (Å²) in [5, 5.41) is 0. The molecule has 3 aromatic carbocycles. The van der Waals surface area contributed by atoms with Crippen molar-refractivity contribution in [2.75, 3.05) is 13.2 Å². The number of halogens is 6. The Hall–Kier alpha value is -3.36. The van der Waals surface area contributed by atoms with Gasteiger partial charge in [0.2, 0.25) is 17.5 Å². The van der Waals surface area contributed by atoms with Gasteiger partial charge in [-0.2, -0.15) is 13.2 Å². The average Bonchev–Trinajstić information content (AvgIpc) is 2.96. The van der Waals surface area contributed by atoms with Gasteiger partial charge < -0.3 is 14.2 Å². The van der Waals surface area contributed by atoms with Crippen LogP contribution in [-0.2, 0) is 6.61 Å². The summed E-state index contributed by atoms with van der Waals surface area (Å²) in [5.74, 6) is -7.98. The van der Waals surface area contributed by atoms with E-state index in [0.717, 1.165) is 6.42 Å². The molecule has 3 aromatic rings. The molecule has 1 aliphatic carbocycles. The molecule has 9 heteroatoms. The van der Waals surface area contributed by atoms with E-state index in [4.69, 9.17) is 14.2 Å². The second-order valence-corrected chi connectivity index (χ2v) is 9.88. The Morgan fingerprint density at radius 1 is 0.575 bits per heavy atom. The first-order valence-electron chi connectivity index (χ1n) is 13.6. The van der Waals surface area contributed by atoms with Gasteiger partial charge in [0.1, 0.15) is 6.61 Å². The van der Waals surface area contributed by atoms with Crippen molar-refractivity contribution < 1.29 is 40.6 Å². The Balaban J connectivity index is 1.40. The first-order valence-corrected chi connectivity index (χ1v) is 13.6. The van der Waals surface area contributed by atoms with E-state index >= 15 is 4.39 Å². The van der Waals surface area contributed by atoms with E-state index in [1.807, 2.05) is 6.92 Å². The molecule has 0 heterocycles. The summed E-state index contributed by atoms with van der Waals surface area (Å²) in [7, 11) is 0. The fourth-order valence-electron chi connectivity index (χ4n) is 5.09. The van der Waals surface area contributed by atoms with Crippen molar-refractivity contribution in [1.82, 2.24) is 0 Å². The minimum absolute atomic E-state index is 0.139. The molecule has 4 rings (SSSR count). The summed E-state index contributed by atoms with van der Waals surface area (Å²) in [5.41, 5.74) is 0.288. The van der Waals surface area contributed by atoms with Crippen molar-refractivity contribution in [3.05, 3.63) is 88.0 Å². The Kier molecular flexibility index (Phi) is 9.87. The predicted octanol–water partition coefficient (Wildman–Crippen LogP) is 9.12. The topological polar surface area (TPSA) is 27.7 Å². The van der Waals surface area contributed by atoms with Gasteiger partial charge in [-0.15, -0.1) is 0 Å². The van der Waals surface area contributed by atoms with Gasteiger partial charge in [-0.05, 0) is 80.2 Å². The van der Waals surface area contributed by atoms with E-state index in [1.54, 1.807) is 6.92 Å². The van der Waals surface area contributed by atoms with Gasteiger partial charge in [-0.25, -0.2) is 13.2 Å². The van der Waals surface area contributed by atoms with E-state index in [9.17, 15) is 22.0 Å². The highest BCUT2D eigenvalue weighted by molar-refractivity contribution is 5.36. The molecule has 1 fully saturated rings. The van der Waals surface area contributed by atoms with Crippen molar-refractivity contribution in [2.45, 2.75) is 70.8 Å². The lowest BCUT2D eigenvalue weighted by Gasteiger charge is -2.30. The number of hydrogen-bond acceptors (Lipinski definition) is 3. The van der Waals surface area contributed by atoms with Crippen molar-refractivity contribution in [1.29, 1.82) is 0 Å². The molecular formula is C31H32F6O3. The molecule has 0 aromatic heterocycles. The summed E-state index contributed by atoms with van der Waals surface area (Å²) in [6.07, 6.45) is 3.39. The second kappa shape index (κ2) is 13.3. The van der Waals surface area contributed by atoms with Crippen molar-refractivity contribution in [3.8, 4) is 17.2 Å². The monoisotopic (exact) mass is 566 g/mol. The third-order valence-corrected chi connectivity index (χ3v) is 7.33. The number of unbranched alkanes of at least 4 members (excludes halogenated alkanes) is 1. The largest absolute Gasteiger partial charge is 0.491 e. The van der Waals surface area contributed by atoms with Crippen molar-refractivity contribution >= 4 is 0 Å². The Morgan fingerprint density at radius 3 is 1.62 bits per heavy atom. The molecule has 0 unspecified atom stereocenters. The molecule has 216 valence electrons. The van der Waals surface area contributed by atoms with E-state index in [-0.39, 0.29) is 53.2 Å². The number of rotatable bonds is 11. The highest BCUT2D eigenvalue weighted by Crippen LogP contribution is 2.43. The van der Waals surface area contributed by atoms with Gasteiger partial charge in [-0.3, -0.25) is 0 Å². The van der Waals surface area contributed by atoms with Gasteiger partial charge >= 0.3 is 0 Å². The Labute approximate surface area is 230 Å². The standard InChI is InChI=1S/C31H32F6O3/c1-3-5-16-39-24-14-15-25(31(37)30(24)36)40-17-20-10-11-21(27(33)26(20)32)18-6-8-19(9-7-18)22-12-13-23(38-4-2)29(35)28(22)34/h10-15,18-19H,3-9,16-17H2,1-2H3. The molecule has 1 saturated carbocycles. The fraction of sp³-hybridized carbons (Fsp3) is 0.419. The van der Waals surface area contributed by atoms with Crippen LogP contribution in [-0.4, -0.2) is 13.2 Å². The molecule has 0 atom stereocenters. The third-order valence-electron chi connectivity index (χ3n) is 7.33. The van der Waals surface area contributed by atoms with Gasteiger partial charge in [0.15, 0.2) is 34.7 Å². The van der Waals surface area contributed by atoms with Crippen molar-refractivity contribution in [3.63, 3.8) is 0 Å². The van der Waals surface area contributed by atoms with Crippen LogP contribution >= 0.6 is 0 Å². The van der Waals surface area contributed by atoms with E-state index in [0.29, 0.717) is 32.1 Å². The first kappa shape index (κ1) is 29.6. The van der Waals surface area contributed by atoms with E-state index in [2.05, 4.69) is 0 Å². The van der Waals surface area contributed by atoms with Crippen LogP contribution in [0.15, 0.2) is 36.4 Å². The Morgan fingerprint density at radius 2 is 1.05 bits per heavy atom. The van der Waals surface area contributed by atoms with Crippen LogP contribution in [0, 0.1) is 34.9 Å². The lowest BCUT2D eigenvalue weighted by atomic mass is 9.75. The molecule has 3 nitrogen and oxygen atoms in total. The molecule has 0 saturated heterocycles. The second-order valence-electron chi connectivity index (χ2n) is 9.88. The first-order chi connectivity index (χ1) is 19.3. The maximum atomic E-state index is 15.1. The van der Waals surface area contributed by atoms with Gasteiger partial charge in [-0.1, -0.05) is 31.5 Å². The van der Waals surface area contributed by atoms with Crippen LogP contribution in [0.3, 0.4) is 0 Å². The van der Waals surface area contributed by atoms with E-state index in [1.165, 1.54) is 36.4 Å². The lowest BCUT2D eigenvalue weighted by Crippen LogP contribution is -2.16. The quantitative estimate of drug-likeness (QED) is 0.171. The van der Waals surface area contributed by atoms with Crippen LogP contribution < -0.4 is 14.2 Å².